The summed E-state index contributed by atoms with van der Waals surface area (Å²) in [5.74, 6) is 2.17. The predicted octanol–water partition coefficient (Wildman–Crippen LogP) is 4.68. The molecule has 140 valence electrons. The third-order valence-electron chi connectivity index (χ3n) is 5.47. The van der Waals surface area contributed by atoms with Gasteiger partial charge in [0, 0.05) is 0 Å². The first-order valence-corrected chi connectivity index (χ1v) is 11.3. The summed E-state index contributed by atoms with van der Waals surface area (Å²) in [6.07, 6.45) is 14.5. The fourth-order valence-electron chi connectivity index (χ4n) is 3.46. The number of hydrogen-bond acceptors (Lipinski definition) is 2. The molecule has 2 nitrogen and oxygen atoms in total. The molecule has 2 aliphatic rings. The van der Waals surface area contributed by atoms with E-state index < -0.39 is 0 Å². The van der Waals surface area contributed by atoms with Crippen molar-refractivity contribution < 1.29 is 4.74 Å². The molecule has 1 aliphatic carbocycles. The molecule has 0 unspecified atom stereocenters. The number of nitrogens with one attached hydrogen (secondary N) is 1. The van der Waals surface area contributed by atoms with E-state index in [4.69, 9.17) is 4.74 Å². The number of benzene rings is 1. The Morgan fingerprint density at radius 1 is 1.08 bits per heavy atom. The summed E-state index contributed by atoms with van der Waals surface area (Å²) in [6.45, 7) is 6.54. The molecule has 1 saturated carbocycles. The molecule has 2 radical (unpaired) electrons. The van der Waals surface area contributed by atoms with Crippen molar-refractivity contribution in [1.29, 1.82) is 0 Å². The fourth-order valence-corrected chi connectivity index (χ4v) is 3.88. The zero-order valence-electron chi connectivity index (χ0n) is 16.2. The van der Waals surface area contributed by atoms with Crippen molar-refractivity contribution in [3.05, 3.63) is 23.8 Å². The normalized spacial score (nSPS) is 18.2. The van der Waals surface area contributed by atoms with Crippen LogP contribution in [0.2, 0.25) is 0 Å². The Labute approximate surface area is 164 Å². The fraction of sp³-hybridized carbons (Fsp3) is 0.727. The molecule has 0 aromatic heterocycles. The van der Waals surface area contributed by atoms with E-state index in [0.29, 0.717) is 6.10 Å². The molecule has 1 aromatic rings. The van der Waals surface area contributed by atoms with Crippen LogP contribution < -0.4 is 14.4 Å². The molecule has 1 N–H and O–H groups in total. The van der Waals surface area contributed by atoms with Gasteiger partial charge in [-0.2, -0.15) is 0 Å². The number of aryl methyl sites for hydroxylation is 1. The van der Waals surface area contributed by atoms with Gasteiger partial charge in [-0.05, 0) is 5.92 Å². The van der Waals surface area contributed by atoms with Gasteiger partial charge in [-0.15, -0.1) is 0 Å². The first-order chi connectivity index (χ1) is 12.2. The van der Waals surface area contributed by atoms with Gasteiger partial charge in [0.05, 0.1) is 0 Å². The van der Waals surface area contributed by atoms with Crippen molar-refractivity contribution in [1.82, 2.24) is 5.32 Å². The maximum atomic E-state index is 6.01. The van der Waals surface area contributed by atoms with E-state index in [-0.39, 0.29) is 0 Å². The molecular weight excluding hydrogens is 369 g/mol. The third-order valence-corrected chi connectivity index (χ3v) is 6.67. The summed E-state index contributed by atoms with van der Waals surface area (Å²) in [5, 5.41) is 3.34. The average molecular weight is 405 g/mol. The molecule has 2 fully saturated rings. The SMILES string of the molecule is CCCCCCC1CCC1.Cc1cccc(OC2CCNCC2)c1[As]. The molecule has 1 heterocycles. The Hall–Kier alpha value is -0.462. The van der Waals surface area contributed by atoms with Gasteiger partial charge < -0.3 is 0 Å². The van der Waals surface area contributed by atoms with Crippen molar-refractivity contribution in [2.75, 3.05) is 13.1 Å². The topological polar surface area (TPSA) is 21.3 Å². The molecule has 3 rings (SSSR count). The van der Waals surface area contributed by atoms with Crippen LogP contribution in [0.4, 0.5) is 0 Å². The molecule has 1 saturated heterocycles. The summed E-state index contributed by atoms with van der Waals surface area (Å²) in [6, 6.07) is 6.23. The average Bonchev–Trinajstić information content (AvgIpc) is 2.59. The standard InChI is InChI=1S/C12H16AsNO.C10H20/c1-9-3-2-4-11(12(9)13)15-10-5-7-14-8-6-10;1-2-3-4-5-7-10-8-6-9-10/h2-4,10,14H,5-8H2,1H3;10H,2-9H2,1H3. The van der Waals surface area contributed by atoms with Crippen molar-refractivity contribution in [3.63, 3.8) is 0 Å². The van der Waals surface area contributed by atoms with Gasteiger partial charge in [0.25, 0.3) is 0 Å². The molecule has 3 heteroatoms. The Morgan fingerprint density at radius 3 is 2.48 bits per heavy atom. The molecule has 0 atom stereocenters. The van der Waals surface area contributed by atoms with Crippen LogP contribution in [0.5, 0.6) is 5.75 Å². The van der Waals surface area contributed by atoms with E-state index in [1.165, 1.54) is 61.3 Å². The number of hydrogen-bond donors (Lipinski definition) is 1. The summed E-state index contributed by atoms with van der Waals surface area (Å²) >= 11 is 2.61. The number of unbranched alkanes of at least 4 members (excludes halogenated alkanes) is 3. The molecule has 0 bridgehead atoms. The monoisotopic (exact) mass is 405 g/mol. The minimum atomic E-state index is 0.385. The van der Waals surface area contributed by atoms with Crippen molar-refractivity contribution in [3.8, 4) is 5.75 Å². The summed E-state index contributed by atoms with van der Waals surface area (Å²) in [5.41, 5.74) is 1.28. The Bertz CT molecular complexity index is 481. The summed E-state index contributed by atoms with van der Waals surface area (Å²) < 4.78 is 7.22. The molecule has 1 aliphatic heterocycles. The van der Waals surface area contributed by atoms with E-state index in [1.807, 2.05) is 0 Å². The first-order valence-electron chi connectivity index (χ1n) is 10.4. The molecule has 0 amide bonds. The molecular formula is C22H36AsNO. The second-order valence-corrected chi connectivity index (χ2v) is 8.57. The van der Waals surface area contributed by atoms with Gasteiger partial charge in [-0.25, -0.2) is 0 Å². The van der Waals surface area contributed by atoms with Crippen molar-refractivity contribution in [2.24, 2.45) is 5.92 Å². The molecule has 0 spiro atoms. The van der Waals surface area contributed by atoms with Crippen LogP contribution in [0.1, 0.15) is 76.7 Å². The Kier molecular flexibility index (Phi) is 10.0. The predicted molar refractivity (Wildman–Crippen MR) is 109 cm³/mol. The van der Waals surface area contributed by atoms with Crippen LogP contribution in [-0.4, -0.2) is 36.0 Å². The minimum absolute atomic E-state index is 0.385. The maximum absolute atomic E-state index is 6.01. The van der Waals surface area contributed by atoms with Crippen LogP contribution in [0.3, 0.4) is 0 Å². The van der Waals surface area contributed by atoms with E-state index in [0.717, 1.165) is 37.6 Å². The first kappa shape index (κ1) is 20.8. The molecule has 1 aromatic carbocycles. The van der Waals surface area contributed by atoms with E-state index in [9.17, 15) is 0 Å². The second-order valence-electron chi connectivity index (χ2n) is 7.64. The number of piperidine rings is 1. The van der Waals surface area contributed by atoms with E-state index in [1.54, 1.807) is 0 Å². The van der Waals surface area contributed by atoms with Gasteiger partial charge in [0.1, 0.15) is 0 Å². The molecule has 25 heavy (non-hydrogen) atoms. The Morgan fingerprint density at radius 2 is 1.84 bits per heavy atom. The van der Waals surface area contributed by atoms with Crippen molar-refractivity contribution in [2.45, 2.75) is 84.2 Å². The van der Waals surface area contributed by atoms with Crippen LogP contribution in [0, 0.1) is 12.8 Å². The zero-order valence-corrected chi connectivity index (χ0v) is 18.1. The second kappa shape index (κ2) is 12.0. The van der Waals surface area contributed by atoms with Crippen LogP contribution in [0.15, 0.2) is 18.2 Å². The number of ether oxygens (including phenoxy) is 1. The summed E-state index contributed by atoms with van der Waals surface area (Å²) in [4.78, 5) is 0. The Balaban J connectivity index is 0.000000196. The van der Waals surface area contributed by atoms with Gasteiger partial charge in [-0.1, -0.05) is 58.3 Å². The van der Waals surface area contributed by atoms with Crippen LogP contribution in [-0.2, 0) is 0 Å². The van der Waals surface area contributed by atoms with Gasteiger partial charge >= 0.3 is 99.7 Å². The summed E-state index contributed by atoms with van der Waals surface area (Å²) in [7, 11) is 0. The van der Waals surface area contributed by atoms with Gasteiger partial charge in [-0.3, -0.25) is 0 Å². The van der Waals surface area contributed by atoms with E-state index >= 15 is 0 Å². The van der Waals surface area contributed by atoms with Gasteiger partial charge in [0.15, 0.2) is 0 Å². The number of rotatable bonds is 7. The third kappa shape index (κ3) is 7.75. The van der Waals surface area contributed by atoms with Crippen molar-refractivity contribution >= 4 is 21.2 Å². The quantitative estimate of drug-likeness (QED) is 0.526. The van der Waals surface area contributed by atoms with Crippen LogP contribution in [0.25, 0.3) is 0 Å². The van der Waals surface area contributed by atoms with Crippen LogP contribution >= 0.6 is 0 Å². The van der Waals surface area contributed by atoms with E-state index in [2.05, 4.69) is 54.2 Å². The van der Waals surface area contributed by atoms with Gasteiger partial charge in [0.2, 0.25) is 0 Å². The zero-order chi connectivity index (χ0) is 17.9.